The number of rotatable bonds is 4. The van der Waals surface area contributed by atoms with E-state index in [2.05, 4.69) is 10.4 Å². The standard InChI is InChI=1S/C16H19N3O2/c1-19-10-11(9-17-19)6-7-15(21)18-16-13-5-3-2-4-12(13)8-14(16)20/h2-5,9-10,14,16,20H,6-8H2,1H3,(H,18,21)/t14-,16+/m1/s1. The lowest BCUT2D eigenvalue weighted by atomic mass is 10.1. The van der Waals surface area contributed by atoms with E-state index in [1.165, 1.54) is 0 Å². The summed E-state index contributed by atoms with van der Waals surface area (Å²) in [7, 11) is 1.86. The van der Waals surface area contributed by atoms with Crippen molar-refractivity contribution < 1.29 is 9.90 Å². The molecule has 0 spiro atoms. The van der Waals surface area contributed by atoms with Crippen LogP contribution in [0.2, 0.25) is 0 Å². The maximum Gasteiger partial charge on any atom is 0.220 e. The number of carbonyl (C=O) groups excluding carboxylic acids is 1. The molecule has 0 radical (unpaired) electrons. The summed E-state index contributed by atoms with van der Waals surface area (Å²) in [5, 5.41) is 17.2. The average Bonchev–Trinajstić information content (AvgIpc) is 3.01. The second-order valence-corrected chi connectivity index (χ2v) is 5.54. The maximum atomic E-state index is 12.1. The molecule has 2 atom stereocenters. The van der Waals surface area contributed by atoms with Gasteiger partial charge in [0.25, 0.3) is 0 Å². The van der Waals surface area contributed by atoms with Crippen LogP contribution in [0.25, 0.3) is 0 Å². The van der Waals surface area contributed by atoms with Crippen molar-refractivity contribution in [2.24, 2.45) is 7.05 Å². The maximum absolute atomic E-state index is 12.1. The number of benzene rings is 1. The van der Waals surface area contributed by atoms with Crippen LogP contribution in [0, 0.1) is 0 Å². The lowest BCUT2D eigenvalue weighted by Crippen LogP contribution is -2.33. The van der Waals surface area contributed by atoms with Gasteiger partial charge in [0.2, 0.25) is 5.91 Å². The normalized spacial score (nSPS) is 20.3. The predicted molar refractivity (Wildman–Crippen MR) is 78.6 cm³/mol. The van der Waals surface area contributed by atoms with Gasteiger partial charge in [-0.15, -0.1) is 0 Å². The molecular weight excluding hydrogens is 266 g/mol. The van der Waals surface area contributed by atoms with Crippen LogP contribution in [0.1, 0.15) is 29.2 Å². The van der Waals surface area contributed by atoms with Crippen LogP contribution in [0.4, 0.5) is 0 Å². The summed E-state index contributed by atoms with van der Waals surface area (Å²) in [6, 6.07) is 7.57. The first-order valence-electron chi connectivity index (χ1n) is 7.16. The minimum atomic E-state index is -0.537. The van der Waals surface area contributed by atoms with Gasteiger partial charge in [0.1, 0.15) is 0 Å². The Hall–Kier alpha value is -2.14. The number of nitrogens with one attached hydrogen (secondary N) is 1. The highest BCUT2D eigenvalue weighted by Crippen LogP contribution is 2.31. The Kier molecular flexibility index (Phi) is 3.75. The number of aliphatic hydroxyl groups is 1. The number of hydrogen-bond acceptors (Lipinski definition) is 3. The molecule has 0 fully saturated rings. The molecule has 0 saturated carbocycles. The van der Waals surface area contributed by atoms with Crippen LogP contribution in [0.3, 0.4) is 0 Å². The fourth-order valence-corrected chi connectivity index (χ4v) is 2.85. The highest BCUT2D eigenvalue weighted by atomic mass is 16.3. The van der Waals surface area contributed by atoms with Crippen molar-refractivity contribution >= 4 is 5.91 Å². The molecule has 5 nitrogen and oxygen atoms in total. The van der Waals surface area contributed by atoms with Crippen molar-refractivity contribution in [2.45, 2.75) is 31.4 Å². The number of aromatic nitrogens is 2. The van der Waals surface area contributed by atoms with E-state index in [-0.39, 0.29) is 11.9 Å². The van der Waals surface area contributed by atoms with Crippen molar-refractivity contribution in [3.63, 3.8) is 0 Å². The minimum Gasteiger partial charge on any atom is -0.390 e. The van der Waals surface area contributed by atoms with Gasteiger partial charge in [-0.25, -0.2) is 0 Å². The molecule has 5 heteroatoms. The SMILES string of the molecule is Cn1cc(CCC(=O)N[C@H]2c3ccccc3C[C@H]2O)cn1. The molecule has 3 rings (SSSR count). The molecular formula is C16H19N3O2. The Labute approximate surface area is 123 Å². The van der Waals surface area contributed by atoms with Crippen molar-refractivity contribution in [3.8, 4) is 0 Å². The topological polar surface area (TPSA) is 67.2 Å². The zero-order chi connectivity index (χ0) is 14.8. The van der Waals surface area contributed by atoms with Gasteiger partial charge >= 0.3 is 0 Å². The Morgan fingerprint density at radius 1 is 1.48 bits per heavy atom. The summed E-state index contributed by atoms with van der Waals surface area (Å²) in [5.41, 5.74) is 3.18. The quantitative estimate of drug-likeness (QED) is 0.885. The van der Waals surface area contributed by atoms with Crippen molar-refractivity contribution in [2.75, 3.05) is 0 Å². The third kappa shape index (κ3) is 2.97. The van der Waals surface area contributed by atoms with Crippen molar-refractivity contribution in [3.05, 3.63) is 53.3 Å². The molecule has 0 unspecified atom stereocenters. The fourth-order valence-electron chi connectivity index (χ4n) is 2.85. The number of carbonyl (C=O) groups is 1. The van der Waals surface area contributed by atoms with E-state index in [4.69, 9.17) is 0 Å². The molecule has 2 aromatic rings. The van der Waals surface area contributed by atoms with Crippen LogP contribution >= 0.6 is 0 Å². The number of aliphatic hydroxyl groups excluding tert-OH is 1. The van der Waals surface area contributed by atoms with Gasteiger partial charge in [-0.3, -0.25) is 9.48 Å². The van der Waals surface area contributed by atoms with Gasteiger partial charge in [-0.1, -0.05) is 24.3 Å². The Morgan fingerprint density at radius 2 is 2.29 bits per heavy atom. The number of hydrogen-bond donors (Lipinski definition) is 2. The smallest absolute Gasteiger partial charge is 0.220 e. The van der Waals surface area contributed by atoms with E-state index >= 15 is 0 Å². The van der Waals surface area contributed by atoms with Gasteiger partial charge in [0.15, 0.2) is 0 Å². The van der Waals surface area contributed by atoms with Crippen molar-refractivity contribution in [1.29, 1.82) is 0 Å². The first-order chi connectivity index (χ1) is 10.1. The number of amides is 1. The van der Waals surface area contributed by atoms with E-state index in [1.54, 1.807) is 10.9 Å². The second kappa shape index (κ2) is 5.69. The molecule has 1 aliphatic carbocycles. The van der Waals surface area contributed by atoms with Crippen LogP contribution in [-0.2, 0) is 24.7 Å². The van der Waals surface area contributed by atoms with Crippen LogP contribution in [0.15, 0.2) is 36.7 Å². The van der Waals surface area contributed by atoms with Gasteiger partial charge in [0, 0.05) is 26.1 Å². The van der Waals surface area contributed by atoms with E-state index in [9.17, 15) is 9.90 Å². The summed E-state index contributed by atoms with van der Waals surface area (Å²) in [4.78, 5) is 12.1. The summed E-state index contributed by atoms with van der Waals surface area (Å²) in [6.45, 7) is 0. The van der Waals surface area contributed by atoms with E-state index in [0.29, 0.717) is 19.3 Å². The van der Waals surface area contributed by atoms with E-state index in [0.717, 1.165) is 16.7 Å². The number of nitrogens with zero attached hydrogens (tertiary/aromatic N) is 2. The number of fused-ring (bicyclic) bond motifs is 1. The monoisotopic (exact) mass is 285 g/mol. The zero-order valence-corrected chi connectivity index (χ0v) is 12.0. The average molecular weight is 285 g/mol. The molecule has 0 bridgehead atoms. The van der Waals surface area contributed by atoms with E-state index < -0.39 is 6.10 Å². The molecule has 0 aliphatic heterocycles. The lowest BCUT2D eigenvalue weighted by Gasteiger charge is -2.17. The highest BCUT2D eigenvalue weighted by molar-refractivity contribution is 5.77. The molecule has 2 N–H and O–H groups in total. The van der Waals surface area contributed by atoms with Crippen LogP contribution in [-0.4, -0.2) is 26.9 Å². The van der Waals surface area contributed by atoms with E-state index in [1.807, 2.05) is 37.5 Å². The largest absolute Gasteiger partial charge is 0.390 e. The summed E-state index contributed by atoms with van der Waals surface area (Å²) in [6.07, 6.45) is 4.80. The minimum absolute atomic E-state index is 0.0420. The highest BCUT2D eigenvalue weighted by Gasteiger charge is 2.31. The third-order valence-electron chi connectivity index (χ3n) is 3.92. The molecule has 1 amide bonds. The molecule has 1 aromatic carbocycles. The molecule has 110 valence electrons. The summed E-state index contributed by atoms with van der Waals surface area (Å²) in [5.74, 6) is -0.0420. The van der Waals surface area contributed by atoms with Gasteiger partial charge in [0.05, 0.1) is 18.3 Å². The molecule has 0 saturated heterocycles. The fraction of sp³-hybridized carbons (Fsp3) is 0.375. The Morgan fingerprint density at radius 3 is 3.05 bits per heavy atom. The number of aryl methyl sites for hydroxylation is 2. The van der Waals surface area contributed by atoms with Gasteiger partial charge in [-0.05, 0) is 23.1 Å². The summed E-state index contributed by atoms with van der Waals surface area (Å²) < 4.78 is 1.73. The molecule has 1 heterocycles. The van der Waals surface area contributed by atoms with Crippen LogP contribution in [0.5, 0.6) is 0 Å². The molecule has 21 heavy (non-hydrogen) atoms. The Balaban J connectivity index is 1.60. The van der Waals surface area contributed by atoms with Gasteiger partial charge in [-0.2, -0.15) is 5.10 Å². The lowest BCUT2D eigenvalue weighted by molar-refractivity contribution is -0.122. The Bertz CT molecular complexity index is 650. The molecule has 1 aliphatic rings. The summed E-state index contributed by atoms with van der Waals surface area (Å²) >= 11 is 0. The predicted octanol–water partition coefficient (Wildman–Crippen LogP) is 1.13. The first kappa shape index (κ1) is 13.8. The first-order valence-corrected chi connectivity index (χ1v) is 7.16. The molecule has 1 aromatic heterocycles. The second-order valence-electron chi connectivity index (χ2n) is 5.54. The van der Waals surface area contributed by atoms with Gasteiger partial charge < -0.3 is 10.4 Å². The van der Waals surface area contributed by atoms with Crippen LogP contribution < -0.4 is 5.32 Å². The zero-order valence-electron chi connectivity index (χ0n) is 12.0. The third-order valence-corrected chi connectivity index (χ3v) is 3.92. The van der Waals surface area contributed by atoms with Crippen molar-refractivity contribution in [1.82, 2.24) is 15.1 Å².